The highest BCUT2D eigenvalue weighted by Gasteiger charge is 2.22. The van der Waals surface area contributed by atoms with Crippen molar-refractivity contribution in [2.24, 2.45) is 0 Å². The van der Waals surface area contributed by atoms with Crippen LogP contribution in [-0.2, 0) is 4.79 Å². The minimum absolute atomic E-state index is 0.228. The van der Waals surface area contributed by atoms with E-state index in [0.717, 1.165) is 16.8 Å². The van der Waals surface area contributed by atoms with E-state index in [2.05, 4.69) is 21.6 Å². The zero-order valence-corrected chi connectivity index (χ0v) is 19.6. The summed E-state index contributed by atoms with van der Waals surface area (Å²) in [7, 11) is 0. The summed E-state index contributed by atoms with van der Waals surface area (Å²) in [5.41, 5.74) is 3.79. The topological polar surface area (TPSA) is 83.6 Å². The number of nitrogens with zero attached hydrogens (tertiary/aromatic N) is 4. The van der Waals surface area contributed by atoms with Gasteiger partial charge in [-0.25, -0.2) is 0 Å². The molecule has 0 fully saturated rings. The fourth-order valence-electron chi connectivity index (χ4n) is 3.19. The van der Waals surface area contributed by atoms with Crippen LogP contribution in [0.25, 0.3) is 17.1 Å². The van der Waals surface area contributed by atoms with Crippen LogP contribution < -0.4 is 5.32 Å². The van der Waals surface area contributed by atoms with Crippen LogP contribution in [0.3, 0.4) is 0 Å². The Morgan fingerprint density at radius 2 is 1.76 bits per heavy atom. The first-order valence-corrected chi connectivity index (χ1v) is 11.5. The number of anilines is 1. The van der Waals surface area contributed by atoms with Crippen molar-refractivity contribution in [3.63, 3.8) is 0 Å². The number of halogens is 1. The van der Waals surface area contributed by atoms with Gasteiger partial charge in [-0.3, -0.25) is 9.36 Å². The largest absolute Gasteiger partial charge is 0.324 e. The van der Waals surface area contributed by atoms with Crippen LogP contribution in [0.2, 0.25) is 5.02 Å². The van der Waals surface area contributed by atoms with Gasteiger partial charge in [-0.1, -0.05) is 53.2 Å². The van der Waals surface area contributed by atoms with E-state index in [0.29, 0.717) is 27.3 Å². The van der Waals surface area contributed by atoms with E-state index < -0.39 is 5.25 Å². The number of hydrogen-bond acceptors (Lipinski definition) is 5. The van der Waals surface area contributed by atoms with Crippen LogP contribution in [0.5, 0.6) is 0 Å². The lowest BCUT2D eigenvalue weighted by atomic mass is 10.2. The predicted molar refractivity (Wildman–Crippen MR) is 132 cm³/mol. The second-order valence-electron chi connectivity index (χ2n) is 7.39. The highest BCUT2D eigenvalue weighted by atomic mass is 35.5. The molecule has 1 amide bonds. The summed E-state index contributed by atoms with van der Waals surface area (Å²) >= 11 is 7.36. The maximum absolute atomic E-state index is 12.9. The van der Waals surface area contributed by atoms with Crippen molar-refractivity contribution in [2.75, 3.05) is 5.32 Å². The third-order valence-electron chi connectivity index (χ3n) is 4.98. The maximum atomic E-state index is 12.9. The van der Waals surface area contributed by atoms with Crippen molar-refractivity contribution in [3.05, 3.63) is 88.9 Å². The van der Waals surface area contributed by atoms with E-state index in [9.17, 15) is 10.1 Å². The highest BCUT2D eigenvalue weighted by molar-refractivity contribution is 8.00. The fraction of sp³-hybridized carbons (Fsp3) is 0.120. The van der Waals surface area contributed by atoms with Gasteiger partial charge in [0.15, 0.2) is 11.0 Å². The van der Waals surface area contributed by atoms with E-state index in [1.807, 2.05) is 47.9 Å². The smallest absolute Gasteiger partial charge is 0.237 e. The number of aryl methyl sites for hydroxylation is 1. The number of benzene rings is 3. The molecule has 6 nitrogen and oxygen atoms in total. The van der Waals surface area contributed by atoms with E-state index in [-0.39, 0.29) is 5.91 Å². The molecule has 1 N–H and O–H groups in total. The number of aromatic nitrogens is 3. The average molecular weight is 474 g/mol. The lowest BCUT2D eigenvalue weighted by molar-refractivity contribution is -0.115. The molecule has 1 aromatic heterocycles. The van der Waals surface area contributed by atoms with Gasteiger partial charge in [0.25, 0.3) is 0 Å². The van der Waals surface area contributed by atoms with Crippen LogP contribution in [0.15, 0.2) is 78.0 Å². The molecule has 0 radical (unpaired) electrons. The molecule has 0 aliphatic carbocycles. The van der Waals surface area contributed by atoms with Crippen LogP contribution in [-0.4, -0.2) is 25.9 Å². The molecule has 1 unspecified atom stereocenters. The number of para-hydroxylation sites is 1. The highest BCUT2D eigenvalue weighted by Crippen LogP contribution is 2.31. The molecule has 0 bridgehead atoms. The summed E-state index contributed by atoms with van der Waals surface area (Å²) < 4.78 is 1.93. The summed E-state index contributed by atoms with van der Waals surface area (Å²) in [5, 5.41) is 21.7. The van der Waals surface area contributed by atoms with Gasteiger partial charge in [-0.05, 0) is 62.4 Å². The molecule has 164 valence electrons. The normalized spacial score (nSPS) is 11.6. The first-order chi connectivity index (χ1) is 16.0. The standard InChI is InChI=1S/C25H20ClN5OS/c1-16-7-13-21(14-8-16)31-23(18-9-11-20(26)12-10-18)29-30-25(31)33-17(2)24(32)28-22-6-4-3-5-19(22)15-27/h3-14,17H,1-2H3,(H,28,32). The number of thioether (sulfide) groups is 1. The third-order valence-corrected chi connectivity index (χ3v) is 6.28. The molecular weight excluding hydrogens is 454 g/mol. The Morgan fingerprint density at radius 1 is 1.06 bits per heavy atom. The van der Waals surface area contributed by atoms with Crippen LogP contribution >= 0.6 is 23.4 Å². The second-order valence-corrected chi connectivity index (χ2v) is 9.14. The lowest BCUT2D eigenvalue weighted by Gasteiger charge is -2.14. The Kier molecular flexibility index (Phi) is 6.78. The number of nitrogens with one attached hydrogen (secondary N) is 1. The Bertz CT molecular complexity index is 1330. The van der Waals surface area contributed by atoms with Crippen molar-refractivity contribution in [3.8, 4) is 23.1 Å². The number of carbonyl (C=O) groups excluding carboxylic acids is 1. The number of nitriles is 1. The summed E-state index contributed by atoms with van der Waals surface area (Å²) in [6.45, 7) is 3.82. The van der Waals surface area contributed by atoms with Gasteiger partial charge in [0.05, 0.1) is 16.5 Å². The zero-order valence-electron chi connectivity index (χ0n) is 18.0. The predicted octanol–water partition coefficient (Wildman–Crippen LogP) is 5.89. The summed E-state index contributed by atoms with van der Waals surface area (Å²) in [6.07, 6.45) is 0. The van der Waals surface area contributed by atoms with Gasteiger partial charge in [0.1, 0.15) is 6.07 Å². The van der Waals surface area contributed by atoms with Gasteiger partial charge in [-0.15, -0.1) is 10.2 Å². The summed E-state index contributed by atoms with van der Waals surface area (Å²) in [4.78, 5) is 12.9. The number of hydrogen-bond donors (Lipinski definition) is 1. The van der Waals surface area contributed by atoms with Crippen molar-refractivity contribution in [1.82, 2.24) is 14.8 Å². The molecule has 0 spiro atoms. The molecule has 1 atom stereocenters. The van der Waals surface area contributed by atoms with Crippen LogP contribution in [0.1, 0.15) is 18.1 Å². The minimum atomic E-state index is -0.483. The Balaban J connectivity index is 1.65. The van der Waals surface area contributed by atoms with Crippen molar-refractivity contribution < 1.29 is 4.79 Å². The van der Waals surface area contributed by atoms with E-state index >= 15 is 0 Å². The minimum Gasteiger partial charge on any atom is -0.324 e. The molecule has 3 aromatic carbocycles. The zero-order chi connectivity index (χ0) is 23.4. The summed E-state index contributed by atoms with van der Waals surface area (Å²) in [6, 6.07) is 24.4. The Hall–Kier alpha value is -3.60. The maximum Gasteiger partial charge on any atom is 0.237 e. The van der Waals surface area contributed by atoms with Crippen LogP contribution in [0, 0.1) is 18.3 Å². The average Bonchev–Trinajstić information content (AvgIpc) is 3.23. The second kappa shape index (κ2) is 9.90. The lowest BCUT2D eigenvalue weighted by Crippen LogP contribution is -2.23. The van der Waals surface area contributed by atoms with E-state index in [1.165, 1.54) is 11.8 Å². The molecule has 0 aliphatic rings. The molecule has 0 saturated heterocycles. The quantitative estimate of drug-likeness (QED) is 0.353. The van der Waals surface area contributed by atoms with Crippen molar-refractivity contribution >= 4 is 35.0 Å². The molecule has 1 heterocycles. The SMILES string of the molecule is Cc1ccc(-n2c(SC(C)C(=O)Nc3ccccc3C#N)nnc2-c2ccc(Cl)cc2)cc1. The Labute approximate surface area is 201 Å². The summed E-state index contributed by atoms with van der Waals surface area (Å²) in [5.74, 6) is 0.426. The van der Waals surface area contributed by atoms with Gasteiger partial charge >= 0.3 is 0 Å². The van der Waals surface area contributed by atoms with Gasteiger partial charge in [0, 0.05) is 16.3 Å². The first kappa shape index (κ1) is 22.6. The monoisotopic (exact) mass is 473 g/mol. The third kappa shape index (κ3) is 5.08. The van der Waals surface area contributed by atoms with E-state index in [1.54, 1.807) is 43.3 Å². The fourth-order valence-corrected chi connectivity index (χ4v) is 4.19. The number of carbonyl (C=O) groups is 1. The van der Waals surface area contributed by atoms with Crippen molar-refractivity contribution in [1.29, 1.82) is 5.26 Å². The molecule has 4 rings (SSSR count). The molecule has 0 aliphatic heterocycles. The molecule has 4 aromatic rings. The van der Waals surface area contributed by atoms with Gasteiger partial charge < -0.3 is 5.32 Å². The van der Waals surface area contributed by atoms with Crippen molar-refractivity contribution in [2.45, 2.75) is 24.3 Å². The molecular formula is C25H20ClN5OS. The Morgan fingerprint density at radius 3 is 2.45 bits per heavy atom. The molecule has 33 heavy (non-hydrogen) atoms. The molecule has 0 saturated carbocycles. The van der Waals surface area contributed by atoms with Crippen LogP contribution in [0.4, 0.5) is 5.69 Å². The van der Waals surface area contributed by atoms with Gasteiger partial charge in [0.2, 0.25) is 5.91 Å². The number of amides is 1. The first-order valence-electron chi connectivity index (χ1n) is 10.2. The van der Waals surface area contributed by atoms with Gasteiger partial charge in [-0.2, -0.15) is 5.26 Å². The molecule has 8 heteroatoms. The van der Waals surface area contributed by atoms with E-state index in [4.69, 9.17) is 11.6 Å². The number of rotatable bonds is 6.